The van der Waals surface area contributed by atoms with E-state index in [1.165, 1.54) is 47.4 Å². The molecule has 0 saturated heterocycles. The van der Waals surface area contributed by atoms with Crippen LogP contribution in [-0.4, -0.2) is 34.2 Å². The number of nitro benzene ring substituents is 1. The normalized spacial score (nSPS) is 14.8. The minimum Gasteiger partial charge on any atom is -0.402 e. The first-order chi connectivity index (χ1) is 13.3. The second-order valence-electron chi connectivity index (χ2n) is 5.58. The third-order valence-corrected chi connectivity index (χ3v) is 4.93. The van der Waals surface area contributed by atoms with E-state index in [0.717, 1.165) is 0 Å². The van der Waals surface area contributed by atoms with Crippen LogP contribution in [0, 0.1) is 10.1 Å². The van der Waals surface area contributed by atoms with Gasteiger partial charge in [0.05, 0.1) is 10.6 Å². The number of hydrogen-bond donors (Lipinski definition) is 0. The molecule has 1 aliphatic rings. The summed E-state index contributed by atoms with van der Waals surface area (Å²) in [5.41, 5.74) is 0.373. The first-order valence-electron chi connectivity index (χ1n) is 8.00. The standard InChI is InChI=1S/C17H13ClN4O5S/c1-3-21(9(2)23)17-19-11(8-28-17)7-13-16(24)27-15(20-13)10-4-5-12(18)14(6-10)22(25)26/h4-8H,3H2,1-2H3/b13-7-. The van der Waals surface area contributed by atoms with Crippen molar-refractivity contribution in [2.45, 2.75) is 13.8 Å². The number of ether oxygens (including phenoxy) is 1. The minimum absolute atomic E-state index is 0.00433. The van der Waals surface area contributed by atoms with Crippen molar-refractivity contribution < 1.29 is 19.2 Å². The average molecular weight is 421 g/mol. The van der Waals surface area contributed by atoms with Gasteiger partial charge in [-0.2, -0.15) is 0 Å². The van der Waals surface area contributed by atoms with Gasteiger partial charge in [0.25, 0.3) is 5.69 Å². The van der Waals surface area contributed by atoms with E-state index >= 15 is 0 Å². The quantitative estimate of drug-likeness (QED) is 0.317. The SMILES string of the molecule is CCN(C(C)=O)c1nc(/C=C2\N=C(c3ccc(Cl)c([N+](=O)[O-])c3)OC2=O)cs1. The largest absolute Gasteiger partial charge is 0.402 e. The van der Waals surface area contributed by atoms with Crippen molar-refractivity contribution in [1.29, 1.82) is 0 Å². The zero-order valence-corrected chi connectivity index (χ0v) is 16.3. The number of thiazole rings is 1. The summed E-state index contributed by atoms with van der Waals surface area (Å²) >= 11 is 7.05. The van der Waals surface area contributed by atoms with Crippen molar-refractivity contribution >= 4 is 57.6 Å². The van der Waals surface area contributed by atoms with Gasteiger partial charge in [0, 0.05) is 30.5 Å². The molecule has 0 saturated carbocycles. The molecular weight excluding hydrogens is 408 g/mol. The predicted octanol–water partition coefficient (Wildman–Crippen LogP) is 3.42. The number of carbonyl (C=O) groups is 2. The summed E-state index contributed by atoms with van der Waals surface area (Å²) in [5, 5.41) is 13.2. The molecule has 0 bridgehead atoms. The molecule has 0 fully saturated rings. The van der Waals surface area contributed by atoms with Crippen LogP contribution >= 0.6 is 22.9 Å². The molecule has 11 heteroatoms. The Hall–Kier alpha value is -3.11. The van der Waals surface area contributed by atoms with Crippen molar-refractivity contribution in [3.05, 3.63) is 55.7 Å². The summed E-state index contributed by atoms with van der Waals surface area (Å²) in [4.78, 5) is 44.0. The van der Waals surface area contributed by atoms with Crippen LogP contribution in [0.15, 0.2) is 34.3 Å². The van der Waals surface area contributed by atoms with Gasteiger partial charge in [-0.3, -0.25) is 19.8 Å². The zero-order chi connectivity index (χ0) is 20.4. The van der Waals surface area contributed by atoms with E-state index in [1.807, 2.05) is 6.92 Å². The number of carbonyl (C=O) groups excluding carboxylic acids is 2. The van der Waals surface area contributed by atoms with Gasteiger partial charge in [0.15, 0.2) is 10.8 Å². The lowest BCUT2D eigenvalue weighted by Crippen LogP contribution is -2.27. The van der Waals surface area contributed by atoms with E-state index in [4.69, 9.17) is 16.3 Å². The summed E-state index contributed by atoms with van der Waals surface area (Å²) in [6, 6.07) is 3.99. The van der Waals surface area contributed by atoms with Gasteiger partial charge in [0.2, 0.25) is 11.8 Å². The number of halogens is 1. The highest BCUT2D eigenvalue weighted by molar-refractivity contribution is 7.14. The molecule has 0 atom stereocenters. The van der Waals surface area contributed by atoms with E-state index < -0.39 is 10.9 Å². The van der Waals surface area contributed by atoms with Crippen LogP contribution in [0.3, 0.4) is 0 Å². The van der Waals surface area contributed by atoms with E-state index in [2.05, 4.69) is 9.98 Å². The Labute approximate surface area is 168 Å². The van der Waals surface area contributed by atoms with Crippen LogP contribution in [0.1, 0.15) is 25.1 Å². The molecule has 1 aromatic carbocycles. The number of amides is 1. The van der Waals surface area contributed by atoms with Crippen molar-refractivity contribution in [2.75, 3.05) is 11.4 Å². The van der Waals surface area contributed by atoms with Gasteiger partial charge in [-0.25, -0.2) is 14.8 Å². The molecule has 2 heterocycles. The molecule has 1 aromatic heterocycles. The van der Waals surface area contributed by atoms with Crippen molar-refractivity contribution in [3.63, 3.8) is 0 Å². The summed E-state index contributed by atoms with van der Waals surface area (Å²) in [6.45, 7) is 3.74. The molecule has 144 valence electrons. The average Bonchev–Trinajstić information content (AvgIpc) is 3.23. The minimum atomic E-state index is -0.707. The molecule has 0 N–H and O–H groups in total. The Morgan fingerprint density at radius 2 is 2.21 bits per heavy atom. The lowest BCUT2D eigenvalue weighted by molar-refractivity contribution is -0.384. The topological polar surface area (TPSA) is 115 Å². The van der Waals surface area contributed by atoms with Gasteiger partial charge in [-0.1, -0.05) is 11.6 Å². The maximum absolute atomic E-state index is 12.1. The molecule has 3 rings (SSSR count). The lowest BCUT2D eigenvalue weighted by atomic mass is 10.2. The monoisotopic (exact) mass is 420 g/mol. The molecule has 0 spiro atoms. The van der Waals surface area contributed by atoms with Crippen LogP contribution < -0.4 is 4.90 Å². The second kappa shape index (κ2) is 7.87. The van der Waals surface area contributed by atoms with Crippen LogP contribution in [0.25, 0.3) is 6.08 Å². The summed E-state index contributed by atoms with van der Waals surface area (Å²) in [5.74, 6) is -0.910. The molecule has 28 heavy (non-hydrogen) atoms. The number of cyclic esters (lactones) is 1. The summed E-state index contributed by atoms with van der Waals surface area (Å²) in [7, 11) is 0. The third-order valence-electron chi connectivity index (χ3n) is 3.73. The maximum atomic E-state index is 12.1. The summed E-state index contributed by atoms with van der Waals surface area (Å²) in [6.07, 6.45) is 1.42. The number of nitrogens with zero attached hydrogens (tertiary/aromatic N) is 4. The van der Waals surface area contributed by atoms with Gasteiger partial charge in [0.1, 0.15) is 5.02 Å². The number of aliphatic imine (C=N–C) groups is 1. The Morgan fingerprint density at radius 1 is 1.46 bits per heavy atom. The molecule has 0 aliphatic carbocycles. The number of anilines is 1. The highest BCUT2D eigenvalue weighted by Crippen LogP contribution is 2.28. The van der Waals surface area contributed by atoms with E-state index in [1.54, 1.807) is 5.38 Å². The summed E-state index contributed by atoms with van der Waals surface area (Å²) < 4.78 is 5.11. The van der Waals surface area contributed by atoms with Gasteiger partial charge < -0.3 is 4.74 Å². The number of esters is 1. The van der Waals surface area contributed by atoms with Gasteiger partial charge in [-0.05, 0) is 25.1 Å². The Balaban J connectivity index is 1.90. The maximum Gasteiger partial charge on any atom is 0.363 e. The Morgan fingerprint density at radius 3 is 2.86 bits per heavy atom. The Kier molecular flexibility index (Phi) is 5.52. The van der Waals surface area contributed by atoms with Gasteiger partial charge in [-0.15, -0.1) is 11.3 Å². The predicted molar refractivity (Wildman–Crippen MR) is 105 cm³/mol. The highest BCUT2D eigenvalue weighted by atomic mass is 35.5. The fourth-order valence-corrected chi connectivity index (χ4v) is 3.49. The van der Waals surface area contributed by atoms with Gasteiger partial charge >= 0.3 is 5.97 Å². The smallest absolute Gasteiger partial charge is 0.363 e. The number of nitro groups is 1. The highest BCUT2D eigenvalue weighted by Gasteiger charge is 2.26. The number of aromatic nitrogens is 1. The fourth-order valence-electron chi connectivity index (χ4n) is 2.42. The van der Waals surface area contributed by atoms with E-state index in [-0.39, 0.29) is 33.8 Å². The van der Waals surface area contributed by atoms with Crippen molar-refractivity contribution in [1.82, 2.24) is 4.98 Å². The zero-order valence-electron chi connectivity index (χ0n) is 14.7. The molecule has 0 unspecified atom stereocenters. The lowest BCUT2D eigenvalue weighted by Gasteiger charge is -2.14. The Bertz CT molecular complexity index is 1050. The second-order valence-corrected chi connectivity index (χ2v) is 6.82. The van der Waals surface area contributed by atoms with Crippen LogP contribution in [-0.2, 0) is 14.3 Å². The van der Waals surface area contributed by atoms with Crippen LogP contribution in [0.4, 0.5) is 10.8 Å². The van der Waals surface area contributed by atoms with E-state index in [0.29, 0.717) is 17.4 Å². The third kappa shape index (κ3) is 3.92. The number of hydrogen-bond acceptors (Lipinski definition) is 8. The van der Waals surface area contributed by atoms with Crippen LogP contribution in [0.2, 0.25) is 5.02 Å². The van der Waals surface area contributed by atoms with E-state index in [9.17, 15) is 19.7 Å². The molecule has 9 nitrogen and oxygen atoms in total. The molecular formula is C17H13ClN4O5S. The number of benzene rings is 1. The van der Waals surface area contributed by atoms with Crippen molar-refractivity contribution in [3.8, 4) is 0 Å². The first-order valence-corrected chi connectivity index (χ1v) is 9.26. The van der Waals surface area contributed by atoms with Crippen LogP contribution in [0.5, 0.6) is 0 Å². The molecule has 2 aromatic rings. The molecule has 1 aliphatic heterocycles. The van der Waals surface area contributed by atoms with Crippen molar-refractivity contribution in [2.24, 2.45) is 4.99 Å². The number of rotatable bonds is 5. The fraction of sp³-hybridized carbons (Fsp3) is 0.176. The molecule has 1 amide bonds. The molecule has 0 radical (unpaired) electrons. The first kappa shape index (κ1) is 19.6.